The van der Waals surface area contributed by atoms with Crippen LogP contribution in [0.25, 0.3) is 0 Å². The van der Waals surface area contributed by atoms with Crippen LogP contribution >= 0.6 is 23.2 Å². The first-order chi connectivity index (χ1) is 20.2. The highest BCUT2D eigenvalue weighted by Crippen LogP contribution is 2.50. The topological polar surface area (TPSA) is 111 Å². The van der Waals surface area contributed by atoms with Gasteiger partial charge in [0.1, 0.15) is 12.4 Å². The van der Waals surface area contributed by atoms with Crippen LogP contribution < -0.4 is 14.8 Å². The summed E-state index contributed by atoms with van der Waals surface area (Å²) < 4.78 is 34.9. The second-order valence-corrected chi connectivity index (χ2v) is 12.8. The van der Waals surface area contributed by atoms with Gasteiger partial charge in [-0.15, -0.1) is 0 Å². The van der Waals surface area contributed by atoms with Crippen molar-refractivity contribution in [2.24, 2.45) is 5.92 Å². The van der Waals surface area contributed by atoms with Gasteiger partial charge in [-0.05, 0) is 89.7 Å². The summed E-state index contributed by atoms with van der Waals surface area (Å²) in [5.74, 6) is 0.958. The summed E-state index contributed by atoms with van der Waals surface area (Å²) in [4.78, 5) is 10.6. The van der Waals surface area contributed by atoms with Gasteiger partial charge in [0.2, 0.25) is 0 Å². The van der Waals surface area contributed by atoms with Crippen molar-refractivity contribution < 1.29 is 18.1 Å². The average Bonchev–Trinajstić information content (AvgIpc) is 3.46. The Morgan fingerprint density at radius 2 is 1.67 bits per heavy atom. The van der Waals surface area contributed by atoms with Crippen LogP contribution in [0.2, 0.25) is 10.0 Å². The summed E-state index contributed by atoms with van der Waals surface area (Å²) in [5.41, 5.74) is 4.08. The normalized spacial score (nSPS) is 19.0. The number of halogens is 2. The zero-order valence-electron chi connectivity index (χ0n) is 22.0. The van der Waals surface area contributed by atoms with Gasteiger partial charge in [0, 0.05) is 33.8 Å². The number of hydrogen-bond donors (Lipinski definition) is 2. The number of sulfonamides is 1. The second kappa shape index (κ2) is 11.3. The largest absolute Gasteiger partial charge is 0.489 e. The molecule has 0 unspecified atom stereocenters. The summed E-state index contributed by atoms with van der Waals surface area (Å²) in [5, 5.41) is 15.2. The molecule has 6 rings (SSSR count). The second-order valence-electron chi connectivity index (χ2n) is 10.3. The number of nitro groups is 1. The van der Waals surface area contributed by atoms with E-state index in [0.717, 1.165) is 28.8 Å². The number of nitrogens with zero attached hydrogens (tertiary/aromatic N) is 1. The summed E-state index contributed by atoms with van der Waals surface area (Å²) in [6, 6.07) is 23.9. The molecule has 0 bridgehead atoms. The first-order valence-corrected chi connectivity index (χ1v) is 15.4. The van der Waals surface area contributed by atoms with Gasteiger partial charge in [0.05, 0.1) is 21.5 Å². The van der Waals surface area contributed by atoms with Crippen molar-refractivity contribution in [2.75, 3.05) is 10.0 Å². The summed E-state index contributed by atoms with van der Waals surface area (Å²) in [6.07, 6.45) is 5.16. The van der Waals surface area contributed by atoms with Crippen LogP contribution in [-0.4, -0.2) is 13.3 Å². The Morgan fingerprint density at radius 1 is 0.952 bits per heavy atom. The SMILES string of the molecule is O=[N+]([O-])c1ccc(COc2ccc([C@H]3Nc4ccc(S(=O)(=O)Nc5cc(Cl)cc(Cl)c5)cc4[C@H]4C=CC[C@H]43)cc2)cc1. The molecule has 1 aliphatic heterocycles. The molecule has 4 aromatic carbocycles. The van der Waals surface area contributed by atoms with E-state index < -0.39 is 14.9 Å². The minimum Gasteiger partial charge on any atom is -0.489 e. The fourth-order valence-corrected chi connectivity index (χ4v) is 7.15. The van der Waals surface area contributed by atoms with E-state index in [4.69, 9.17) is 27.9 Å². The van der Waals surface area contributed by atoms with E-state index in [-0.39, 0.29) is 28.5 Å². The molecule has 1 aliphatic carbocycles. The number of nitro benzene ring substituents is 1. The predicted molar refractivity (Wildman–Crippen MR) is 164 cm³/mol. The molecule has 214 valence electrons. The van der Waals surface area contributed by atoms with E-state index >= 15 is 0 Å². The van der Waals surface area contributed by atoms with Gasteiger partial charge in [-0.3, -0.25) is 14.8 Å². The van der Waals surface area contributed by atoms with Crippen molar-refractivity contribution in [1.82, 2.24) is 0 Å². The van der Waals surface area contributed by atoms with Gasteiger partial charge in [-0.2, -0.15) is 0 Å². The molecule has 4 aromatic rings. The zero-order valence-corrected chi connectivity index (χ0v) is 24.4. The van der Waals surface area contributed by atoms with E-state index in [0.29, 0.717) is 28.1 Å². The van der Waals surface area contributed by atoms with E-state index in [9.17, 15) is 18.5 Å². The number of benzene rings is 4. The van der Waals surface area contributed by atoms with Crippen LogP contribution in [0.3, 0.4) is 0 Å². The lowest BCUT2D eigenvalue weighted by atomic mass is 9.77. The van der Waals surface area contributed by atoms with Crippen molar-refractivity contribution in [3.8, 4) is 5.75 Å². The first kappa shape index (κ1) is 28.1. The smallest absolute Gasteiger partial charge is 0.269 e. The van der Waals surface area contributed by atoms with Crippen LogP contribution in [-0.2, 0) is 16.6 Å². The Hall–Kier alpha value is -4.05. The van der Waals surface area contributed by atoms with Gasteiger partial charge in [-0.1, -0.05) is 47.5 Å². The van der Waals surface area contributed by atoms with E-state index in [1.165, 1.54) is 30.3 Å². The molecule has 3 atom stereocenters. The Morgan fingerprint density at radius 3 is 2.36 bits per heavy atom. The molecule has 0 radical (unpaired) electrons. The molecule has 2 aliphatic rings. The van der Waals surface area contributed by atoms with Gasteiger partial charge < -0.3 is 10.1 Å². The van der Waals surface area contributed by atoms with E-state index in [2.05, 4.69) is 22.2 Å². The highest BCUT2D eigenvalue weighted by Gasteiger charge is 2.38. The Bertz CT molecular complexity index is 1770. The minimum atomic E-state index is -3.87. The molecule has 0 fully saturated rings. The van der Waals surface area contributed by atoms with Gasteiger partial charge >= 0.3 is 0 Å². The third-order valence-corrected chi connectivity index (χ3v) is 9.37. The number of ether oxygens (including phenoxy) is 1. The maximum absolute atomic E-state index is 13.2. The average molecular weight is 623 g/mol. The number of non-ortho nitro benzene ring substituents is 1. The van der Waals surface area contributed by atoms with Crippen molar-refractivity contribution >= 4 is 50.3 Å². The predicted octanol–water partition coefficient (Wildman–Crippen LogP) is 8.11. The summed E-state index contributed by atoms with van der Waals surface area (Å²) in [6.45, 7) is 0.297. The molecule has 0 aromatic heterocycles. The highest BCUT2D eigenvalue weighted by molar-refractivity contribution is 7.92. The third-order valence-electron chi connectivity index (χ3n) is 7.55. The lowest BCUT2D eigenvalue weighted by Gasteiger charge is -2.37. The molecule has 1 heterocycles. The molecule has 42 heavy (non-hydrogen) atoms. The van der Waals surface area contributed by atoms with Crippen LogP contribution in [0, 0.1) is 16.0 Å². The monoisotopic (exact) mass is 621 g/mol. The van der Waals surface area contributed by atoms with Crippen molar-refractivity contribution in [1.29, 1.82) is 0 Å². The standard InChI is InChI=1S/C31H25Cl2N3O5S/c32-21-14-22(33)16-23(15-21)35-42(39,40)26-12-13-30-29(17-26)27-2-1-3-28(27)31(34-30)20-6-10-25(11-7-20)41-18-19-4-8-24(9-5-19)36(37)38/h1-2,4-17,27-28,31,34-35H,3,18H2/t27-,28+,31+/m0/s1. The number of allylic oxidation sites excluding steroid dienone is 2. The van der Waals surface area contributed by atoms with Crippen LogP contribution in [0.5, 0.6) is 5.75 Å². The molecule has 11 heteroatoms. The van der Waals surface area contributed by atoms with Crippen molar-refractivity contribution in [3.05, 3.63) is 134 Å². The number of fused-ring (bicyclic) bond motifs is 3. The summed E-state index contributed by atoms with van der Waals surface area (Å²) in [7, 11) is -3.87. The number of anilines is 2. The molecule has 0 amide bonds. The van der Waals surface area contributed by atoms with Gasteiger partial charge in [0.25, 0.3) is 15.7 Å². The van der Waals surface area contributed by atoms with Crippen LogP contribution in [0.1, 0.15) is 35.1 Å². The molecule has 8 nitrogen and oxygen atoms in total. The van der Waals surface area contributed by atoms with E-state index in [1.54, 1.807) is 24.3 Å². The quantitative estimate of drug-likeness (QED) is 0.117. The number of nitrogens with one attached hydrogen (secondary N) is 2. The maximum Gasteiger partial charge on any atom is 0.269 e. The van der Waals surface area contributed by atoms with E-state index in [1.807, 2.05) is 30.3 Å². The molecule has 0 saturated carbocycles. The lowest BCUT2D eigenvalue weighted by Crippen LogP contribution is -2.29. The molecular weight excluding hydrogens is 597 g/mol. The summed E-state index contributed by atoms with van der Waals surface area (Å²) >= 11 is 12.1. The number of rotatable bonds is 8. The fraction of sp³-hybridized carbons (Fsp3) is 0.161. The molecule has 2 N–H and O–H groups in total. The highest BCUT2D eigenvalue weighted by atomic mass is 35.5. The van der Waals surface area contributed by atoms with Crippen molar-refractivity contribution in [3.63, 3.8) is 0 Å². The maximum atomic E-state index is 13.2. The molecule has 0 spiro atoms. The van der Waals surface area contributed by atoms with Crippen LogP contribution in [0.4, 0.5) is 17.1 Å². The Balaban J connectivity index is 1.18. The Labute approximate surface area is 253 Å². The molecule has 0 saturated heterocycles. The lowest BCUT2D eigenvalue weighted by molar-refractivity contribution is -0.384. The van der Waals surface area contributed by atoms with Gasteiger partial charge in [0.15, 0.2) is 0 Å². The fourth-order valence-electron chi connectivity index (χ4n) is 5.55. The molecular formula is C31H25Cl2N3O5S. The zero-order chi connectivity index (χ0) is 29.4. The van der Waals surface area contributed by atoms with Gasteiger partial charge in [-0.25, -0.2) is 8.42 Å². The van der Waals surface area contributed by atoms with Crippen LogP contribution in [0.15, 0.2) is 102 Å². The Kier molecular flexibility index (Phi) is 7.57. The number of hydrogen-bond acceptors (Lipinski definition) is 6. The van der Waals surface area contributed by atoms with Crippen molar-refractivity contribution in [2.45, 2.75) is 29.9 Å². The minimum absolute atomic E-state index is 0.0235. The first-order valence-electron chi connectivity index (χ1n) is 13.2. The third kappa shape index (κ3) is 5.81.